The van der Waals surface area contributed by atoms with E-state index in [2.05, 4.69) is 4.72 Å². The van der Waals surface area contributed by atoms with Gasteiger partial charge in [0.2, 0.25) is 10.0 Å². The first-order chi connectivity index (χ1) is 14.9. The molecule has 1 aromatic rings. The SMILES string of the molecule is CCCCCS(=O)(=O)NC(=O)/C=C/c1ccc(OCCOC)cc1OCC1CCCO1. The van der Waals surface area contributed by atoms with Crippen molar-refractivity contribution in [3.63, 3.8) is 0 Å². The second kappa shape index (κ2) is 13.3. The van der Waals surface area contributed by atoms with Crippen molar-refractivity contribution in [3.05, 3.63) is 29.8 Å². The summed E-state index contributed by atoms with van der Waals surface area (Å²) < 4.78 is 48.2. The summed E-state index contributed by atoms with van der Waals surface area (Å²) in [5, 5.41) is 0. The fraction of sp³-hybridized carbons (Fsp3) is 0.591. The van der Waals surface area contributed by atoms with Gasteiger partial charge in [0.05, 0.1) is 18.5 Å². The minimum atomic E-state index is -3.64. The van der Waals surface area contributed by atoms with Crippen molar-refractivity contribution in [1.82, 2.24) is 4.72 Å². The number of ether oxygens (including phenoxy) is 4. The zero-order valence-corrected chi connectivity index (χ0v) is 19.1. The van der Waals surface area contributed by atoms with Gasteiger partial charge in [-0.2, -0.15) is 0 Å². The molecule has 0 aliphatic carbocycles. The lowest BCUT2D eigenvalue weighted by Gasteiger charge is -2.15. The Labute approximate surface area is 185 Å². The van der Waals surface area contributed by atoms with Gasteiger partial charge in [-0.05, 0) is 37.5 Å². The fourth-order valence-electron chi connectivity index (χ4n) is 3.01. The number of benzene rings is 1. The highest BCUT2D eigenvalue weighted by molar-refractivity contribution is 7.90. The molecule has 0 radical (unpaired) electrons. The number of amides is 1. The van der Waals surface area contributed by atoms with Crippen LogP contribution in [0, 0.1) is 0 Å². The maximum absolute atomic E-state index is 12.1. The van der Waals surface area contributed by atoms with Crippen molar-refractivity contribution in [1.29, 1.82) is 0 Å². The third-order valence-corrected chi connectivity index (χ3v) is 6.02. The standard InChI is InChI=1S/C22H33NO7S/c1-3-4-5-15-31(25,26)23-22(24)11-9-18-8-10-19(29-14-13-27-2)16-21(18)30-17-20-7-6-12-28-20/h8-11,16,20H,3-7,12-15,17H2,1-2H3,(H,23,24)/b11-9+. The van der Waals surface area contributed by atoms with Crippen molar-refractivity contribution < 1.29 is 32.2 Å². The molecule has 0 aromatic heterocycles. The van der Waals surface area contributed by atoms with Gasteiger partial charge in [-0.25, -0.2) is 13.1 Å². The van der Waals surface area contributed by atoms with Gasteiger partial charge in [0.15, 0.2) is 0 Å². The van der Waals surface area contributed by atoms with Crippen LogP contribution >= 0.6 is 0 Å². The molecule has 8 nitrogen and oxygen atoms in total. The monoisotopic (exact) mass is 455 g/mol. The lowest BCUT2D eigenvalue weighted by molar-refractivity contribution is -0.114. The molecule has 31 heavy (non-hydrogen) atoms. The van der Waals surface area contributed by atoms with Crippen LogP contribution in [0.2, 0.25) is 0 Å². The second-order valence-electron chi connectivity index (χ2n) is 7.31. The summed E-state index contributed by atoms with van der Waals surface area (Å²) in [5.74, 6) is 0.380. The van der Waals surface area contributed by atoms with Gasteiger partial charge in [-0.15, -0.1) is 0 Å². The fourth-order valence-corrected chi connectivity index (χ4v) is 4.08. The van der Waals surface area contributed by atoms with E-state index >= 15 is 0 Å². The van der Waals surface area contributed by atoms with Crippen LogP contribution in [0.3, 0.4) is 0 Å². The van der Waals surface area contributed by atoms with Gasteiger partial charge >= 0.3 is 0 Å². The van der Waals surface area contributed by atoms with Crippen LogP contribution in [0.5, 0.6) is 11.5 Å². The molecule has 1 aromatic carbocycles. The lowest BCUT2D eigenvalue weighted by Crippen LogP contribution is -2.31. The zero-order valence-electron chi connectivity index (χ0n) is 18.3. The highest BCUT2D eigenvalue weighted by Gasteiger charge is 2.17. The lowest BCUT2D eigenvalue weighted by atomic mass is 10.1. The van der Waals surface area contributed by atoms with Crippen LogP contribution in [0.25, 0.3) is 6.08 Å². The number of methoxy groups -OCH3 is 1. The van der Waals surface area contributed by atoms with E-state index in [0.29, 0.717) is 43.3 Å². The number of carbonyl (C=O) groups excluding carboxylic acids is 1. The number of unbranched alkanes of at least 4 members (excludes halogenated alkanes) is 2. The minimum absolute atomic E-state index is 0.0338. The van der Waals surface area contributed by atoms with E-state index in [-0.39, 0.29) is 11.9 Å². The maximum Gasteiger partial charge on any atom is 0.257 e. The van der Waals surface area contributed by atoms with Gasteiger partial charge in [0.25, 0.3) is 5.91 Å². The first-order valence-electron chi connectivity index (χ1n) is 10.7. The van der Waals surface area contributed by atoms with Gasteiger partial charge < -0.3 is 18.9 Å². The molecule has 1 amide bonds. The van der Waals surface area contributed by atoms with Crippen molar-refractivity contribution in [2.75, 3.05) is 39.3 Å². The first kappa shape index (κ1) is 25.2. The Kier molecular flexibility index (Phi) is 10.8. The molecule has 0 bridgehead atoms. The van der Waals surface area contributed by atoms with Crippen LogP contribution in [0.1, 0.15) is 44.6 Å². The smallest absolute Gasteiger partial charge is 0.257 e. The highest BCUT2D eigenvalue weighted by atomic mass is 32.2. The molecule has 1 aliphatic heterocycles. The minimum Gasteiger partial charge on any atom is -0.491 e. The Bertz CT molecular complexity index is 817. The Morgan fingerprint density at radius 3 is 2.81 bits per heavy atom. The number of carbonyl (C=O) groups is 1. The number of hydrogen-bond acceptors (Lipinski definition) is 7. The number of sulfonamides is 1. The van der Waals surface area contributed by atoms with Gasteiger partial charge in [0, 0.05) is 31.4 Å². The van der Waals surface area contributed by atoms with Crippen LogP contribution in [-0.4, -0.2) is 59.7 Å². The summed E-state index contributed by atoms with van der Waals surface area (Å²) in [4.78, 5) is 12.1. The molecule has 174 valence electrons. The van der Waals surface area contributed by atoms with E-state index in [1.807, 2.05) is 6.92 Å². The largest absolute Gasteiger partial charge is 0.491 e. The summed E-state index contributed by atoms with van der Waals surface area (Å²) in [5.41, 5.74) is 0.635. The number of nitrogens with one attached hydrogen (secondary N) is 1. The van der Waals surface area contributed by atoms with Gasteiger partial charge in [-0.1, -0.05) is 19.8 Å². The molecule has 1 fully saturated rings. The number of hydrogen-bond donors (Lipinski definition) is 1. The van der Waals surface area contributed by atoms with Crippen LogP contribution in [0.4, 0.5) is 0 Å². The molecule has 1 atom stereocenters. The predicted octanol–water partition coefficient (Wildman–Crippen LogP) is 2.92. The van der Waals surface area contributed by atoms with Gasteiger partial charge in [-0.3, -0.25) is 4.79 Å². The Morgan fingerprint density at radius 1 is 1.26 bits per heavy atom. The van der Waals surface area contributed by atoms with Crippen molar-refractivity contribution in [3.8, 4) is 11.5 Å². The Morgan fingerprint density at radius 2 is 2.10 bits per heavy atom. The van der Waals surface area contributed by atoms with E-state index in [1.54, 1.807) is 25.3 Å². The Hall–Kier alpha value is -2.10. The summed E-state index contributed by atoms with van der Waals surface area (Å²) in [7, 11) is -2.04. The molecular formula is C22H33NO7S. The van der Waals surface area contributed by atoms with E-state index in [1.165, 1.54) is 12.2 Å². The summed E-state index contributed by atoms with van der Waals surface area (Å²) in [6.45, 7) is 3.96. The summed E-state index contributed by atoms with van der Waals surface area (Å²) in [6, 6.07) is 5.25. The number of rotatable bonds is 14. The Balaban J connectivity index is 2.04. The van der Waals surface area contributed by atoms with E-state index in [4.69, 9.17) is 18.9 Å². The predicted molar refractivity (Wildman–Crippen MR) is 119 cm³/mol. The molecule has 0 saturated carbocycles. The normalized spacial score (nSPS) is 16.5. The van der Waals surface area contributed by atoms with Gasteiger partial charge in [0.1, 0.15) is 24.7 Å². The maximum atomic E-state index is 12.1. The van der Waals surface area contributed by atoms with E-state index in [0.717, 1.165) is 32.3 Å². The molecule has 1 unspecified atom stereocenters. The molecule has 1 N–H and O–H groups in total. The molecule has 1 heterocycles. The summed E-state index contributed by atoms with van der Waals surface area (Å²) in [6.07, 6.45) is 6.93. The van der Waals surface area contributed by atoms with Crippen LogP contribution < -0.4 is 14.2 Å². The van der Waals surface area contributed by atoms with E-state index in [9.17, 15) is 13.2 Å². The van der Waals surface area contributed by atoms with Crippen LogP contribution in [0.15, 0.2) is 24.3 Å². The zero-order chi connectivity index (χ0) is 22.5. The third kappa shape index (κ3) is 9.71. The van der Waals surface area contributed by atoms with Crippen molar-refractivity contribution >= 4 is 22.0 Å². The third-order valence-electron chi connectivity index (χ3n) is 4.68. The van der Waals surface area contributed by atoms with E-state index < -0.39 is 15.9 Å². The first-order valence-corrected chi connectivity index (χ1v) is 12.3. The molecule has 1 saturated heterocycles. The quantitative estimate of drug-likeness (QED) is 0.340. The molecule has 9 heteroatoms. The highest BCUT2D eigenvalue weighted by Crippen LogP contribution is 2.27. The summed E-state index contributed by atoms with van der Waals surface area (Å²) >= 11 is 0. The average Bonchev–Trinajstić information content (AvgIpc) is 3.25. The molecule has 0 spiro atoms. The molecule has 1 aliphatic rings. The average molecular weight is 456 g/mol. The molecular weight excluding hydrogens is 422 g/mol. The van der Waals surface area contributed by atoms with Crippen molar-refractivity contribution in [2.24, 2.45) is 0 Å². The topological polar surface area (TPSA) is 100 Å². The van der Waals surface area contributed by atoms with Crippen LogP contribution in [-0.2, 0) is 24.3 Å². The van der Waals surface area contributed by atoms with Crippen molar-refractivity contribution in [2.45, 2.75) is 45.1 Å². The second-order valence-corrected chi connectivity index (χ2v) is 9.15. The molecule has 2 rings (SSSR count).